The van der Waals surface area contributed by atoms with E-state index >= 15 is 0 Å². The fraction of sp³-hybridized carbons (Fsp3) is 0.100. The first-order valence-corrected chi connectivity index (χ1v) is 5.02. The lowest BCUT2D eigenvalue weighted by atomic mass is 10.1. The van der Waals surface area contributed by atoms with Crippen LogP contribution < -0.4 is 11.3 Å². The summed E-state index contributed by atoms with van der Waals surface area (Å²) in [4.78, 5) is 12.1. The molecule has 2 rings (SSSR count). The van der Waals surface area contributed by atoms with Gasteiger partial charge >= 0.3 is 0 Å². The Morgan fingerprint density at radius 3 is 2.75 bits per heavy atom. The van der Waals surface area contributed by atoms with Gasteiger partial charge in [-0.05, 0) is 17.7 Å². The van der Waals surface area contributed by atoms with Crippen LogP contribution in [-0.4, -0.2) is 15.0 Å². The van der Waals surface area contributed by atoms with Gasteiger partial charge < -0.3 is 0 Å². The Morgan fingerprint density at radius 1 is 1.25 bits per heavy atom. The smallest absolute Gasteiger partial charge is 0.129 e. The molecule has 0 spiro atoms. The molecule has 2 aromatic heterocycles. The summed E-state index contributed by atoms with van der Waals surface area (Å²) in [6.45, 7) is 0. The van der Waals surface area contributed by atoms with Gasteiger partial charge in [0.25, 0.3) is 0 Å². The topological polar surface area (TPSA) is 76.7 Å². The minimum atomic E-state index is -0.241. The molecule has 0 radical (unpaired) electrons. The van der Waals surface area contributed by atoms with Gasteiger partial charge in [0.2, 0.25) is 0 Å². The highest BCUT2D eigenvalue weighted by molar-refractivity contribution is 6.29. The molecule has 16 heavy (non-hydrogen) atoms. The summed E-state index contributed by atoms with van der Waals surface area (Å²) in [6, 6.07) is 3.32. The minimum absolute atomic E-state index is 0.241. The van der Waals surface area contributed by atoms with Crippen molar-refractivity contribution in [3.63, 3.8) is 0 Å². The van der Waals surface area contributed by atoms with Crippen molar-refractivity contribution in [2.45, 2.75) is 6.04 Å². The van der Waals surface area contributed by atoms with Crippen LogP contribution in [0.25, 0.3) is 0 Å². The lowest BCUT2D eigenvalue weighted by Gasteiger charge is -2.14. The van der Waals surface area contributed by atoms with Gasteiger partial charge in [-0.1, -0.05) is 11.6 Å². The van der Waals surface area contributed by atoms with Crippen LogP contribution in [0.1, 0.15) is 17.3 Å². The first-order chi connectivity index (χ1) is 7.81. The first kappa shape index (κ1) is 10.9. The highest BCUT2D eigenvalue weighted by Crippen LogP contribution is 2.20. The average molecular weight is 236 g/mol. The van der Waals surface area contributed by atoms with Crippen molar-refractivity contribution in [2.24, 2.45) is 5.84 Å². The third-order valence-electron chi connectivity index (χ3n) is 2.13. The van der Waals surface area contributed by atoms with E-state index in [1.54, 1.807) is 30.9 Å². The largest absolute Gasteiger partial charge is 0.271 e. The van der Waals surface area contributed by atoms with E-state index in [0.29, 0.717) is 5.15 Å². The second-order valence-electron chi connectivity index (χ2n) is 3.14. The fourth-order valence-electron chi connectivity index (χ4n) is 1.41. The lowest BCUT2D eigenvalue weighted by Crippen LogP contribution is -2.29. The maximum atomic E-state index is 5.82. The molecule has 0 fully saturated rings. The Labute approximate surface area is 97.7 Å². The number of hydrogen-bond acceptors (Lipinski definition) is 5. The van der Waals surface area contributed by atoms with E-state index in [0.717, 1.165) is 11.3 Å². The second-order valence-corrected chi connectivity index (χ2v) is 3.53. The molecular formula is C10H10ClN5. The molecule has 0 aliphatic carbocycles. The Kier molecular flexibility index (Phi) is 3.40. The summed E-state index contributed by atoms with van der Waals surface area (Å²) in [5, 5.41) is 0.418. The van der Waals surface area contributed by atoms with Gasteiger partial charge in [-0.2, -0.15) is 0 Å². The number of nitrogens with zero attached hydrogens (tertiary/aromatic N) is 3. The van der Waals surface area contributed by atoms with Crippen LogP contribution in [0.15, 0.2) is 36.9 Å². The van der Waals surface area contributed by atoms with E-state index in [4.69, 9.17) is 17.4 Å². The Hall–Kier alpha value is -1.56. The zero-order chi connectivity index (χ0) is 11.4. The molecule has 0 saturated heterocycles. The average Bonchev–Trinajstić information content (AvgIpc) is 2.31. The second kappa shape index (κ2) is 4.98. The molecule has 0 aliphatic heterocycles. The molecule has 6 heteroatoms. The van der Waals surface area contributed by atoms with Crippen LogP contribution in [-0.2, 0) is 0 Å². The zero-order valence-electron chi connectivity index (χ0n) is 8.34. The summed E-state index contributed by atoms with van der Waals surface area (Å²) in [7, 11) is 0. The molecule has 2 aromatic rings. The fourth-order valence-corrected chi connectivity index (χ4v) is 1.59. The number of hydrazine groups is 1. The SMILES string of the molecule is NNC(c1ccnc(Cl)c1)c1cnccn1. The molecular weight excluding hydrogens is 226 g/mol. The van der Waals surface area contributed by atoms with Crippen LogP contribution in [0.2, 0.25) is 5.15 Å². The number of hydrogen-bond donors (Lipinski definition) is 2. The van der Waals surface area contributed by atoms with E-state index in [2.05, 4.69) is 20.4 Å². The Morgan fingerprint density at radius 2 is 2.12 bits per heavy atom. The normalized spacial score (nSPS) is 12.4. The lowest BCUT2D eigenvalue weighted by molar-refractivity contribution is 0.617. The Balaban J connectivity index is 2.37. The summed E-state index contributed by atoms with van der Waals surface area (Å²) in [5.41, 5.74) is 4.29. The van der Waals surface area contributed by atoms with Crippen LogP contribution in [0.4, 0.5) is 0 Å². The highest BCUT2D eigenvalue weighted by Gasteiger charge is 2.14. The molecule has 5 nitrogen and oxygen atoms in total. The monoisotopic (exact) mass is 235 g/mol. The van der Waals surface area contributed by atoms with Crippen LogP contribution in [0.5, 0.6) is 0 Å². The van der Waals surface area contributed by atoms with Crippen molar-refractivity contribution in [1.82, 2.24) is 20.4 Å². The minimum Gasteiger partial charge on any atom is -0.271 e. The molecule has 0 amide bonds. The van der Waals surface area contributed by atoms with E-state index in [1.807, 2.05) is 6.07 Å². The van der Waals surface area contributed by atoms with Crippen LogP contribution in [0, 0.1) is 0 Å². The first-order valence-electron chi connectivity index (χ1n) is 4.65. The molecule has 82 valence electrons. The van der Waals surface area contributed by atoms with Crippen molar-refractivity contribution >= 4 is 11.6 Å². The van der Waals surface area contributed by atoms with Gasteiger partial charge in [0.05, 0.1) is 17.9 Å². The molecule has 0 saturated carbocycles. The number of pyridine rings is 1. The summed E-state index contributed by atoms with van der Waals surface area (Å²) in [5.74, 6) is 5.51. The number of aromatic nitrogens is 3. The summed E-state index contributed by atoms with van der Waals surface area (Å²) < 4.78 is 0. The standard InChI is InChI=1S/C10H10ClN5/c11-9-5-7(1-2-15-9)10(16-12)8-6-13-3-4-14-8/h1-6,10,16H,12H2. The highest BCUT2D eigenvalue weighted by atomic mass is 35.5. The predicted molar refractivity (Wildman–Crippen MR) is 60.4 cm³/mol. The molecule has 0 aromatic carbocycles. The van der Waals surface area contributed by atoms with Gasteiger partial charge in [-0.15, -0.1) is 0 Å². The van der Waals surface area contributed by atoms with Gasteiger partial charge in [0.1, 0.15) is 5.15 Å². The van der Waals surface area contributed by atoms with Gasteiger partial charge in [-0.3, -0.25) is 15.8 Å². The number of rotatable bonds is 3. The van der Waals surface area contributed by atoms with E-state index in [9.17, 15) is 0 Å². The number of nitrogens with two attached hydrogens (primary N) is 1. The predicted octanol–water partition coefficient (Wildman–Crippen LogP) is 1.08. The maximum absolute atomic E-state index is 5.82. The van der Waals surface area contributed by atoms with E-state index in [-0.39, 0.29) is 6.04 Å². The molecule has 3 N–H and O–H groups in total. The zero-order valence-corrected chi connectivity index (χ0v) is 9.09. The van der Waals surface area contributed by atoms with Gasteiger partial charge in [0.15, 0.2) is 0 Å². The van der Waals surface area contributed by atoms with Crippen molar-refractivity contribution in [3.05, 3.63) is 53.3 Å². The van der Waals surface area contributed by atoms with Crippen LogP contribution >= 0.6 is 11.6 Å². The number of halogens is 1. The molecule has 0 aliphatic rings. The summed E-state index contributed by atoms with van der Waals surface area (Å²) in [6.07, 6.45) is 6.50. The summed E-state index contributed by atoms with van der Waals surface area (Å²) >= 11 is 5.82. The van der Waals surface area contributed by atoms with Gasteiger partial charge in [-0.25, -0.2) is 10.4 Å². The molecule has 1 atom stereocenters. The molecule has 1 unspecified atom stereocenters. The van der Waals surface area contributed by atoms with E-state index < -0.39 is 0 Å². The quantitative estimate of drug-likeness (QED) is 0.473. The van der Waals surface area contributed by atoms with Gasteiger partial charge in [0, 0.05) is 18.6 Å². The van der Waals surface area contributed by atoms with E-state index in [1.165, 1.54) is 0 Å². The maximum Gasteiger partial charge on any atom is 0.129 e. The van der Waals surface area contributed by atoms with Crippen molar-refractivity contribution < 1.29 is 0 Å². The molecule has 0 bridgehead atoms. The number of nitrogens with one attached hydrogen (secondary N) is 1. The Bertz CT molecular complexity index is 462. The molecule has 2 heterocycles. The van der Waals surface area contributed by atoms with Crippen LogP contribution in [0.3, 0.4) is 0 Å². The van der Waals surface area contributed by atoms with Crippen molar-refractivity contribution in [1.29, 1.82) is 0 Å². The third-order valence-corrected chi connectivity index (χ3v) is 2.34. The van der Waals surface area contributed by atoms with Crippen molar-refractivity contribution in [3.8, 4) is 0 Å². The van der Waals surface area contributed by atoms with Crippen molar-refractivity contribution in [2.75, 3.05) is 0 Å². The third kappa shape index (κ3) is 2.33.